The summed E-state index contributed by atoms with van der Waals surface area (Å²) in [6.07, 6.45) is 3.89. The fourth-order valence-electron chi connectivity index (χ4n) is 3.71. The number of aliphatic hydroxyl groups excluding tert-OH is 1. The molecule has 0 spiro atoms. The van der Waals surface area contributed by atoms with Crippen molar-refractivity contribution in [2.24, 2.45) is 11.8 Å². The van der Waals surface area contributed by atoms with E-state index in [1.807, 2.05) is 11.8 Å². The van der Waals surface area contributed by atoms with Gasteiger partial charge in [-0.3, -0.25) is 0 Å². The predicted molar refractivity (Wildman–Crippen MR) is 86.7 cm³/mol. The van der Waals surface area contributed by atoms with Crippen molar-refractivity contribution in [1.82, 2.24) is 10.2 Å². The number of hydrogen-bond acceptors (Lipinski definition) is 2. The summed E-state index contributed by atoms with van der Waals surface area (Å²) >= 11 is 0. The molecule has 4 heteroatoms. The molecule has 0 bridgehead atoms. The van der Waals surface area contributed by atoms with E-state index < -0.39 is 0 Å². The Morgan fingerprint density at radius 2 is 2.05 bits per heavy atom. The molecule has 1 fully saturated rings. The molecule has 1 aliphatic carbocycles. The Balaban J connectivity index is 1.38. The van der Waals surface area contributed by atoms with Crippen molar-refractivity contribution < 1.29 is 9.90 Å². The maximum absolute atomic E-state index is 12.1. The summed E-state index contributed by atoms with van der Waals surface area (Å²) in [6.45, 7) is 3.99. The molecule has 1 heterocycles. The zero-order valence-electron chi connectivity index (χ0n) is 13.3. The first-order valence-electron chi connectivity index (χ1n) is 8.41. The second kappa shape index (κ2) is 6.69. The van der Waals surface area contributed by atoms with Gasteiger partial charge in [0.1, 0.15) is 0 Å². The Bertz CT molecular complexity index is 505. The Morgan fingerprint density at radius 1 is 1.36 bits per heavy atom. The molecule has 2 amide bonds. The third-order valence-electron chi connectivity index (χ3n) is 5.16. The molecule has 0 radical (unpaired) electrons. The van der Waals surface area contributed by atoms with Crippen LogP contribution in [0.1, 0.15) is 30.9 Å². The standard InChI is InChI=1S/C18H26N2O2/c1-13(21)17-7-9-20(12-17)18(22)19-8-6-14-10-15-4-2-3-5-16(15)11-14/h2-5,13-14,17,21H,6-12H2,1H3,(H,19,22)/t13-,17-/m1/s1. The van der Waals surface area contributed by atoms with Crippen LogP contribution in [0.4, 0.5) is 4.79 Å². The molecule has 2 aliphatic rings. The monoisotopic (exact) mass is 302 g/mol. The van der Waals surface area contributed by atoms with Gasteiger partial charge in [-0.05, 0) is 49.7 Å². The zero-order valence-corrected chi connectivity index (χ0v) is 13.3. The van der Waals surface area contributed by atoms with Gasteiger partial charge in [0.25, 0.3) is 0 Å². The Hall–Kier alpha value is -1.55. The fraction of sp³-hybridized carbons (Fsp3) is 0.611. The quantitative estimate of drug-likeness (QED) is 0.896. The van der Waals surface area contributed by atoms with Crippen LogP contribution in [-0.4, -0.2) is 41.8 Å². The van der Waals surface area contributed by atoms with Gasteiger partial charge in [-0.25, -0.2) is 4.79 Å². The number of aliphatic hydroxyl groups is 1. The van der Waals surface area contributed by atoms with Gasteiger partial charge in [-0.15, -0.1) is 0 Å². The second-order valence-electron chi connectivity index (χ2n) is 6.80. The summed E-state index contributed by atoms with van der Waals surface area (Å²) in [5.74, 6) is 0.886. The minimum atomic E-state index is -0.324. The summed E-state index contributed by atoms with van der Waals surface area (Å²) in [7, 11) is 0. The average molecular weight is 302 g/mol. The third kappa shape index (κ3) is 3.43. The van der Waals surface area contributed by atoms with Crippen molar-refractivity contribution in [1.29, 1.82) is 0 Å². The molecule has 1 aromatic carbocycles. The topological polar surface area (TPSA) is 52.6 Å². The van der Waals surface area contributed by atoms with E-state index in [1.54, 1.807) is 0 Å². The normalized spacial score (nSPS) is 22.6. The average Bonchev–Trinajstić information content (AvgIpc) is 3.13. The van der Waals surface area contributed by atoms with Crippen molar-refractivity contribution in [3.63, 3.8) is 0 Å². The highest BCUT2D eigenvalue weighted by Gasteiger charge is 2.29. The lowest BCUT2D eigenvalue weighted by Gasteiger charge is -2.19. The molecule has 2 N–H and O–H groups in total. The number of nitrogens with one attached hydrogen (secondary N) is 1. The number of urea groups is 1. The van der Waals surface area contributed by atoms with Crippen LogP contribution in [-0.2, 0) is 12.8 Å². The Morgan fingerprint density at radius 3 is 2.64 bits per heavy atom. The van der Waals surface area contributed by atoms with E-state index in [-0.39, 0.29) is 18.1 Å². The molecule has 2 atom stereocenters. The largest absolute Gasteiger partial charge is 0.393 e. The number of rotatable bonds is 4. The molecular formula is C18H26N2O2. The number of carbonyl (C=O) groups excluding carboxylic acids is 1. The lowest BCUT2D eigenvalue weighted by molar-refractivity contribution is 0.129. The maximum atomic E-state index is 12.1. The predicted octanol–water partition coefficient (Wildman–Crippen LogP) is 2.20. The van der Waals surface area contributed by atoms with E-state index >= 15 is 0 Å². The van der Waals surface area contributed by atoms with Crippen molar-refractivity contribution in [2.75, 3.05) is 19.6 Å². The van der Waals surface area contributed by atoms with Gasteiger partial charge in [0.2, 0.25) is 0 Å². The number of carbonyl (C=O) groups is 1. The lowest BCUT2D eigenvalue weighted by Crippen LogP contribution is -2.39. The van der Waals surface area contributed by atoms with Crippen LogP contribution >= 0.6 is 0 Å². The van der Waals surface area contributed by atoms with Gasteiger partial charge in [0.05, 0.1) is 6.10 Å². The number of nitrogens with zero attached hydrogens (tertiary/aromatic N) is 1. The first-order valence-corrected chi connectivity index (χ1v) is 8.41. The van der Waals surface area contributed by atoms with Crippen molar-refractivity contribution in [3.05, 3.63) is 35.4 Å². The molecule has 3 rings (SSSR count). The van der Waals surface area contributed by atoms with Gasteiger partial charge in [0.15, 0.2) is 0 Å². The van der Waals surface area contributed by atoms with E-state index in [1.165, 1.54) is 11.1 Å². The first-order chi connectivity index (χ1) is 10.6. The highest BCUT2D eigenvalue weighted by molar-refractivity contribution is 5.74. The summed E-state index contributed by atoms with van der Waals surface area (Å²) in [4.78, 5) is 14.0. The van der Waals surface area contributed by atoms with E-state index in [0.29, 0.717) is 12.5 Å². The van der Waals surface area contributed by atoms with Gasteiger partial charge in [0, 0.05) is 25.6 Å². The van der Waals surface area contributed by atoms with Crippen LogP contribution in [0, 0.1) is 11.8 Å². The second-order valence-corrected chi connectivity index (χ2v) is 6.80. The maximum Gasteiger partial charge on any atom is 0.317 e. The van der Waals surface area contributed by atoms with Crippen LogP contribution < -0.4 is 5.32 Å². The van der Waals surface area contributed by atoms with Gasteiger partial charge >= 0.3 is 6.03 Å². The molecule has 120 valence electrons. The first kappa shape index (κ1) is 15.3. The molecule has 0 unspecified atom stereocenters. The zero-order chi connectivity index (χ0) is 15.5. The minimum absolute atomic E-state index is 0.0265. The molecule has 1 saturated heterocycles. The van der Waals surface area contributed by atoms with Crippen molar-refractivity contribution in [3.8, 4) is 0 Å². The smallest absolute Gasteiger partial charge is 0.317 e. The van der Waals surface area contributed by atoms with E-state index in [0.717, 1.165) is 38.8 Å². The third-order valence-corrected chi connectivity index (χ3v) is 5.16. The van der Waals surface area contributed by atoms with Gasteiger partial charge < -0.3 is 15.3 Å². The molecular weight excluding hydrogens is 276 g/mol. The summed E-state index contributed by atoms with van der Waals surface area (Å²) in [6, 6.07) is 8.67. The Labute approximate surface area is 132 Å². The number of amides is 2. The molecule has 1 aromatic rings. The molecule has 0 saturated carbocycles. The molecule has 4 nitrogen and oxygen atoms in total. The van der Waals surface area contributed by atoms with E-state index in [9.17, 15) is 9.90 Å². The van der Waals surface area contributed by atoms with E-state index in [2.05, 4.69) is 29.6 Å². The summed E-state index contributed by atoms with van der Waals surface area (Å²) < 4.78 is 0. The summed E-state index contributed by atoms with van der Waals surface area (Å²) in [5, 5.41) is 12.6. The number of likely N-dealkylation sites (tertiary alicyclic amines) is 1. The summed E-state index contributed by atoms with van der Waals surface area (Å²) in [5.41, 5.74) is 2.94. The number of fused-ring (bicyclic) bond motifs is 1. The van der Waals surface area contributed by atoms with Crippen molar-refractivity contribution >= 4 is 6.03 Å². The highest BCUT2D eigenvalue weighted by atomic mass is 16.3. The van der Waals surface area contributed by atoms with Crippen molar-refractivity contribution in [2.45, 2.75) is 38.7 Å². The Kier molecular flexibility index (Phi) is 4.67. The van der Waals surface area contributed by atoms with Crippen LogP contribution in [0.5, 0.6) is 0 Å². The minimum Gasteiger partial charge on any atom is -0.393 e. The molecule has 0 aromatic heterocycles. The number of benzene rings is 1. The van der Waals surface area contributed by atoms with Crippen LogP contribution in [0.2, 0.25) is 0 Å². The lowest BCUT2D eigenvalue weighted by atomic mass is 10.0. The van der Waals surface area contributed by atoms with Crippen LogP contribution in [0.3, 0.4) is 0 Å². The van der Waals surface area contributed by atoms with Gasteiger partial charge in [-0.1, -0.05) is 24.3 Å². The fourth-order valence-corrected chi connectivity index (χ4v) is 3.71. The van der Waals surface area contributed by atoms with Gasteiger partial charge in [-0.2, -0.15) is 0 Å². The van der Waals surface area contributed by atoms with Crippen LogP contribution in [0.25, 0.3) is 0 Å². The van der Waals surface area contributed by atoms with Crippen LogP contribution in [0.15, 0.2) is 24.3 Å². The highest BCUT2D eigenvalue weighted by Crippen LogP contribution is 2.28. The SMILES string of the molecule is C[C@@H](O)[C@@H]1CCN(C(=O)NCCC2Cc3ccccc3C2)C1. The molecule has 22 heavy (non-hydrogen) atoms. The molecule has 1 aliphatic heterocycles. The number of hydrogen-bond donors (Lipinski definition) is 2. The van der Waals surface area contributed by atoms with E-state index in [4.69, 9.17) is 0 Å².